The van der Waals surface area contributed by atoms with Gasteiger partial charge in [0.05, 0.1) is 35.6 Å². The van der Waals surface area contributed by atoms with Crippen LogP contribution in [-0.4, -0.2) is 34.4 Å². The molecule has 0 N–H and O–H groups in total. The molecule has 0 radical (unpaired) electrons. The molecule has 1 fully saturated rings. The van der Waals surface area contributed by atoms with Crippen LogP contribution in [0.15, 0.2) is 59.5 Å². The lowest BCUT2D eigenvalue weighted by molar-refractivity contribution is -0.384. The van der Waals surface area contributed by atoms with Gasteiger partial charge in [0, 0.05) is 18.7 Å². The van der Waals surface area contributed by atoms with E-state index in [2.05, 4.69) is 22.1 Å². The molecular weight excluding hydrogens is 420 g/mol. The zero-order valence-electron chi connectivity index (χ0n) is 16.5. The summed E-state index contributed by atoms with van der Waals surface area (Å²) in [6.07, 6.45) is 3.41. The molecule has 31 heavy (non-hydrogen) atoms. The molecule has 8 nitrogen and oxygen atoms in total. The first kappa shape index (κ1) is 19.7. The molecule has 1 spiro atoms. The van der Waals surface area contributed by atoms with Crippen molar-refractivity contribution < 1.29 is 9.66 Å². The van der Waals surface area contributed by atoms with E-state index in [0.29, 0.717) is 31.1 Å². The Labute approximate surface area is 182 Å². The zero-order chi connectivity index (χ0) is 21.6. The van der Waals surface area contributed by atoms with E-state index >= 15 is 0 Å². The van der Waals surface area contributed by atoms with Crippen molar-refractivity contribution in [3.8, 4) is 5.69 Å². The number of nitro benzene ring substituents is 1. The van der Waals surface area contributed by atoms with Crippen LogP contribution in [0.4, 0.5) is 11.4 Å². The number of fused-ring (bicyclic) bond motifs is 2. The van der Waals surface area contributed by atoms with E-state index in [-0.39, 0.29) is 10.7 Å². The minimum absolute atomic E-state index is 0.0602. The van der Waals surface area contributed by atoms with Crippen molar-refractivity contribution >= 4 is 23.0 Å². The fourth-order valence-electron chi connectivity index (χ4n) is 4.50. The zero-order valence-corrected chi connectivity index (χ0v) is 17.3. The Balaban J connectivity index is 1.47. The van der Waals surface area contributed by atoms with Crippen molar-refractivity contribution in [2.24, 2.45) is 0 Å². The summed E-state index contributed by atoms with van der Waals surface area (Å²) in [5.74, 6) is 0. The number of ether oxygens (including phenoxy) is 1. The van der Waals surface area contributed by atoms with Crippen LogP contribution in [0.1, 0.15) is 17.5 Å². The summed E-state index contributed by atoms with van der Waals surface area (Å²) in [6.45, 7) is 1.72. The Kier molecular flexibility index (Phi) is 4.75. The molecule has 2 aliphatic rings. The molecule has 0 saturated carbocycles. The molecule has 5 rings (SSSR count). The van der Waals surface area contributed by atoms with Gasteiger partial charge in [0.25, 0.3) is 11.2 Å². The van der Waals surface area contributed by atoms with Gasteiger partial charge in [-0.1, -0.05) is 35.9 Å². The van der Waals surface area contributed by atoms with E-state index in [1.807, 2.05) is 12.1 Å². The predicted molar refractivity (Wildman–Crippen MR) is 116 cm³/mol. The Morgan fingerprint density at radius 3 is 2.71 bits per heavy atom. The van der Waals surface area contributed by atoms with E-state index < -0.39 is 16.1 Å². The molecule has 9 heteroatoms. The fraction of sp³-hybridized carbons (Fsp3) is 0.273. The summed E-state index contributed by atoms with van der Waals surface area (Å²) in [5, 5.41) is 15.2. The van der Waals surface area contributed by atoms with Crippen LogP contribution in [-0.2, 0) is 16.8 Å². The molecule has 1 aromatic heterocycles. The predicted octanol–water partition coefficient (Wildman–Crippen LogP) is 3.47. The molecule has 3 aromatic rings. The number of aryl methyl sites for hydroxylation is 1. The molecule has 0 bridgehead atoms. The monoisotopic (exact) mass is 438 g/mol. The van der Waals surface area contributed by atoms with E-state index in [1.165, 1.54) is 35.4 Å². The van der Waals surface area contributed by atoms with Gasteiger partial charge in [-0.15, -0.1) is 0 Å². The molecule has 158 valence electrons. The maximum atomic E-state index is 12.9. The van der Waals surface area contributed by atoms with Gasteiger partial charge in [-0.3, -0.25) is 14.9 Å². The van der Waals surface area contributed by atoms with Crippen molar-refractivity contribution in [3.05, 3.63) is 91.3 Å². The number of nitro groups is 1. The van der Waals surface area contributed by atoms with Crippen LogP contribution in [0.3, 0.4) is 0 Å². The largest absolute Gasteiger partial charge is 0.367 e. The van der Waals surface area contributed by atoms with Crippen molar-refractivity contribution in [2.75, 3.05) is 24.6 Å². The van der Waals surface area contributed by atoms with Crippen molar-refractivity contribution in [1.82, 2.24) is 9.78 Å². The second kappa shape index (κ2) is 7.47. The third kappa shape index (κ3) is 3.28. The number of anilines is 1. The second-order valence-electron chi connectivity index (χ2n) is 7.76. The third-order valence-corrected chi connectivity index (χ3v) is 6.39. The quantitative estimate of drug-likeness (QED) is 0.459. The molecule has 1 unspecified atom stereocenters. The number of non-ortho nitro benzene ring substituents is 1. The Morgan fingerprint density at radius 2 is 1.94 bits per heavy atom. The van der Waals surface area contributed by atoms with E-state index in [4.69, 9.17) is 16.3 Å². The molecule has 1 aliphatic carbocycles. The molecule has 2 heterocycles. The van der Waals surface area contributed by atoms with E-state index in [9.17, 15) is 14.9 Å². The highest BCUT2D eigenvalue weighted by Crippen LogP contribution is 2.43. The standard InChI is InChI=1S/C22H19ClN4O4/c23-20-19(13-24-26(21(20)28)16-5-7-17(8-6-16)27(29)30)25-11-12-31-22(14-25)10-9-15-3-1-2-4-18(15)22/h1-8,13H,9-12,14H2. The van der Waals surface area contributed by atoms with E-state index in [1.54, 1.807) is 6.20 Å². The number of rotatable bonds is 3. The highest BCUT2D eigenvalue weighted by molar-refractivity contribution is 6.33. The maximum absolute atomic E-state index is 12.9. The summed E-state index contributed by atoms with van der Waals surface area (Å²) in [6, 6.07) is 13.9. The van der Waals surface area contributed by atoms with Gasteiger partial charge in [-0.05, 0) is 36.1 Å². The minimum atomic E-state index is -0.495. The van der Waals surface area contributed by atoms with Crippen molar-refractivity contribution in [1.29, 1.82) is 0 Å². The molecule has 0 amide bonds. The smallest absolute Gasteiger partial charge is 0.292 e. The maximum Gasteiger partial charge on any atom is 0.292 e. The highest BCUT2D eigenvalue weighted by Gasteiger charge is 2.43. The van der Waals surface area contributed by atoms with Crippen LogP contribution < -0.4 is 10.5 Å². The van der Waals surface area contributed by atoms with Crippen molar-refractivity contribution in [2.45, 2.75) is 18.4 Å². The number of hydrogen-bond acceptors (Lipinski definition) is 6. The first-order chi connectivity index (χ1) is 15.0. The number of benzene rings is 2. The minimum Gasteiger partial charge on any atom is -0.367 e. The normalized spacial score (nSPS) is 20.1. The Hall–Kier alpha value is -3.23. The average Bonchev–Trinajstić information content (AvgIpc) is 3.13. The van der Waals surface area contributed by atoms with E-state index in [0.717, 1.165) is 17.5 Å². The molecular formula is C22H19ClN4O4. The third-order valence-electron chi connectivity index (χ3n) is 6.04. The topological polar surface area (TPSA) is 90.5 Å². The molecule has 1 atom stereocenters. The number of hydrogen-bond donors (Lipinski definition) is 0. The van der Waals surface area contributed by atoms with Crippen LogP contribution in [0, 0.1) is 10.1 Å². The molecule has 1 aliphatic heterocycles. The second-order valence-corrected chi connectivity index (χ2v) is 8.13. The Morgan fingerprint density at radius 1 is 1.16 bits per heavy atom. The van der Waals surface area contributed by atoms with Crippen LogP contribution >= 0.6 is 11.6 Å². The summed E-state index contributed by atoms with van der Waals surface area (Å²) >= 11 is 6.49. The van der Waals surface area contributed by atoms with Crippen molar-refractivity contribution in [3.63, 3.8) is 0 Å². The first-order valence-corrected chi connectivity index (χ1v) is 10.4. The summed E-state index contributed by atoms with van der Waals surface area (Å²) in [7, 11) is 0. The van der Waals surface area contributed by atoms with Gasteiger partial charge in [0.1, 0.15) is 10.6 Å². The SMILES string of the molecule is O=c1c(Cl)c(N2CCOC3(CCc4ccccc43)C2)cnn1-c1ccc([N+](=O)[O-])cc1. The number of halogens is 1. The molecule has 1 saturated heterocycles. The first-order valence-electron chi connectivity index (χ1n) is 9.98. The lowest BCUT2D eigenvalue weighted by Crippen LogP contribution is -2.49. The summed E-state index contributed by atoms with van der Waals surface area (Å²) in [4.78, 5) is 25.4. The van der Waals surface area contributed by atoms with Gasteiger partial charge < -0.3 is 9.64 Å². The lowest BCUT2D eigenvalue weighted by Gasteiger charge is -2.42. The lowest BCUT2D eigenvalue weighted by atomic mass is 9.93. The van der Waals surface area contributed by atoms with Gasteiger partial charge in [0.2, 0.25) is 0 Å². The van der Waals surface area contributed by atoms with Gasteiger partial charge in [-0.2, -0.15) is 9.78 Å². The van der Waals surface area contributed by atoms with Crippen LogP contribution in [0.25, 0.3) is 5.69 Å². The van der Waals surface area contributed by atoms with Crippen LogP contribution in [0.2, 0.25) is 5.02 Å². The van der Waals surface area contributed by atoms with Gasteiger partial charge in [0.15, 0.2) is 0 Å². The number of nitrogens with zero attached hydrogens (tertiary/aromatic N) is 4. The average molecular weight is 439 g/mol. The van der Waals surface area contributed by atoms with Gasteiger partial charge in [-0.25, -0.2) is 0 Å². The van der Waals surface area contributed by atoms with Gasteiger partial charge >= 0.3 is 0 Å². The summed E-state index contributed by atoms with van der Waals surface area (Å²) in [5.41, 5.74) is 2.52. The fourth-order valence-corrected chi connectivity index (χ4v) is 4.75. The molecule has 2 aromatic carbocycles. The Bertz CT molecular complexity index is 1220. The number of aromatic nitrogens is 2. The summed E-state index contributed by atoms with van der Waals surface area (Å²) < 4.78 is 7.40. The number of morpholine rings is 1. The highest BCUT2D eigenvalue weighted by atomic mass is 35.5. The van der Waals surface area contributed by atoms with Crippen LogP contribution in [0.5, 0.6) is 0 Å².